The van der Waals surface area contributed by atoms with Crippen LogP contribution in [0.25, 0.3) is 22.4 Å². The molecule has 0 spiro atoms. The topological polar surface area (TPSA) is 72.2 Å². The van der Waals surface area contributed by atoms with Gasteiger partial charge < -0.3 is 9.73 Å². The Kier molecular flexibility index (Phi) is 4.49. The van der Waals surface area contributed by atoms with Gasteiger partial charge in [0.25, 0.3) is 0 Å². The van der Waals surface area contributed by atoms with Gasteiger partial charge in [-0.15, -0.1) is 0 Å². The van der Waals surface area contributed by atoms with E-state index in [0.717, 1.165) is 5.56 Å². The minimum absolute atomic E-state index is 0.0932. The van der Waals surface area contributed by atoms with E-state index in [0.29, 0.717) is 28.6 Å². The molecular formula is C22H16N2O3. The number of fused-ring (bicyclic) bond motifs is 1. The van der Waals surface area contributed by atoms with Crippen molar-refractivity contribution < 1.29 is 9.21 Å². The molecule has 4 aromatic rings. The second kappa shape index (κ2) is 7.25. The van der Waals surface area contributed by atoms with Crippen molar-refractivity contribution in [3.63, 3.8) is 0 Å². The largest absolute Gasteiger partial charge is 0.403 e. The lowest BCUT2D eigenvalue weighted by Gasteiger charge is -2.06. The van der Waals surface area contributed by atoms with Gasteiger partial charge in [0.05, 0.1) is 17.3 Å². The van der Waals surface area contributed by atoms with Crippen LogP contribution in [0.4, 0.5) is 5.69 Å². The minimum atomic E-state index is -0.421. The highest BCUT2D eigenvalue weighted by Crippen LogP contribution is 2.20. The highest BCUT2D eigenvalue weighted by Gasteiger charge is 2.09. The number of benzene rings is 3. The van der Waals surface area contributed by atoms with Crippen LogP contribution in [-0.4, -0.2) is 10.9 Å². The molecule has 4 rings (SSSR count). The van der Waals surface area contributed by atoms with E-state index in [4.69, 9.17) is 4.42 Å². The van der Waals surface area contributed by atoms with Crippen molar-refractivity contribution in [1.29, 1.82) is 0 Å². The third-order valence-corrected chi connectivity index (χ3v) is 4.16. The Balaban J connectivity index is 1.52. The number of aromatic nitrogens is 1. The first kappa shape index (κ1) is 16.7. The normalized spacial score (nSPS) is 10.7. The first-order valence-corrected chi connectivity index (χ1v) is 8.53. The van der Waals surface area contributed by atoms with E-state index >= 15 is 0 Å². The number of hydrogen-bond donors (Lipinski definition) is 1. The summed E-state index contributed by atoms with van der Waals surface area (Å²) in [5, 5.41) is 3.31. The molecule has 0 fully saturated rings. The summed E-state index contributed by atoms with van der Waals surface area (Å²) >= 11 is 0. The van der Waals surface area contributed by atoms with Crippen molar-refractivity contribution in [2.75, 3.05) is 5.32 Å². The van der Waals surface area contributed by atoms with Crippen LogP contribution in [0.2, 0.25) is 0 Å². The molecule has 0 aliphatic carbocycles. The number of amides is 1. The lowest BCUT2D eigenvalue weighted by Crippen LogP contribution is -2.14. The summed E-state index contributed by atoms with van der Waals surface area (Å²) in [7, 11) is 0. The van der Waals surface area contributed by atoms with E-state index in [1.165, 1.54) is 0 Å². The molecule has 132 valence electrons. The van der Waals surface area contributed by atoms with Gasteiger partial charge in [0.1, 0.15) is 0 Å². The summed E-state index contributed by atoms with van der Waals surface area (Å²) < 4.78 is 5.32. The summed E-state index contributed by atoms with van der Waals surface area (Å²) in [6, 6.07) is 23.6. The molecule has 0 unspecified atom stereocenters. The highest BCUT2D eigenvalue weighted by atomic mass is 16.4. The number of para-hydroxylation sites is 1. The second-order valence-corrected chi connectivity index (χ2v) is 6.11. The van der Waals surface area contributed by atoms with E-state index in [-0.39, 0.29) is 11.8 Å². The predicted octanol–water partition coefficient (Wildman–Crippen LogP) is 4.04. The van der Waals surface area contributed by atoms with E-state index < -0.39 is 5.63 Å². The summed E-state index contributed by atoms with van der Waals surface area (Å²) in [6.07, 6.45) is 0.309. The fourth-order valence-corrected chi connectivity index (χ4v) is 2.82. The average molecular weight is 356 g/mol. The summed E-state index contributed by atoms with van der Waals surface area (Å²) in [6.45, 7) is 0. The van der Waals surface area contributed by atoms with Crippen molar-refractivity contribution in [2.24, 2.45) is 0 Å². The lowest BCUT2D eigenvalue weighted by atomic mass is 10.1. The lowest BCUT2D eigenvalue weighted by molar-refractivity contribution is -0.115. The molecule has 5 nitrogen and oxygen atoms in total. The van der Waals surface area contributed by atoms with Crippen molar-refractivity contribution in [3.05, 3.63) is 94.8 Å². The molecule has 1 N–H and O–H groups in total. The van der Waals surface area contributed by atoms with E-state index in [1.807, 2.05) is 36.4 Å². The molecule has 3 aromatic carbocycles. The third-order valence-electron chi connectivity index (χ3n) is 4.16. The Bertz CT molecular complexity index is 1150. The Morgan fingerprint density at radius 1 is 0.889 bits per heavy atom. The fraction of sp³-hybridized carbons (Fsp3) is 0.0455. The van der Waals surface area contributed by atoms with Gasteiger partial charge in [-0.3, -0.25) is 4.79 Å². The quantitative estimate of drug-likeness (QED) is 0.599. The van der Waals surface area contributed by atoms with Gasteiger partial charge in [0.15, 0.2) is 0 Å². The van der Waals surface area contributed by atoms with E-state index in [2.05, 4.69) is 10.3 Å². The van der Waals surface area contributed by atoms with Crippen LogP contribution in [0.3, 0.4) is 0 Å². The van der Waals surface area contributed by atoms with Crippen LogP contribution < -0.4 is 10.9 Å². The van der Waals surface area contributed by atoms with Crippen LogP contribution in [-0.2, 0) is 11.2 Å². The summed E-state index contributed by atoms with van der Waals surface area (Å²) in [4.78, 5) is 28.6. The first-order valence-electron chi connectivity index (χ1n) is 8.53. The first-order chi connectivity index (χ1) is 13.2. The minimum Gasteiger partial charge on any atom is -0.403 e. The van der Waals surface area contributed by atoms with Gasteiger partial charge in [0, 0.05) is 11.3 Å². The number of rotatable bonds is 4. The Hall–Kier alpha value is -3.73. The smallest absolute Gasteiger partial charge is 0.347 e. The molecule has 0 aliphatic heterocycles. The van der Waals surface area contributed by atoms with Gasteiger partial charge in [-0.1, -0.05) is 42.5 Å². The fourth-order valence-electron chi connectivity index (χ4n) is 2.82. The monoisotopic (exact) mass is 356 g/mol. The third kappa shape index (κ3) is 3.77. The van der Waals surface area contributed by atoms with Gasteiger partial charge in [-0.2, -0.15) is 0 Å². The van der Waals surface area contributed by atoms with Crippen LogP contribution in [0, 0.1) is 0 Å². The van der Waals surface area contributed by atoms with Gasteiger partial charge in [-0.05, 0) is 42.0 Å². The van der Waals surface area contributed by atoms with Crippen molar-refractivity contribution >= 4 is 22.5 Å². The molecule has 1 aromatic heterocycles. The SMILES string of the molecule is O=C(Cc1ccccc1)Nc1ccc(-c2nc3ccccc3c(=O)o2)cc1. The Morgan fingerprint density at radius 3 is 2.37 bits per heavy atom. The van der Waals surface area contributed by atoms with Crippen molar-refractivity contribution in [1.82, 2.24) is 4.98 Å². The molecule has 1 amide bonds. The van der Waals surface area contributed by atoms with Gasteiger partial charge in [-0.25, -0.2) is 9.78 Å². The second-order valence-electron chi connectivity index (χ2n) is 6.11. The molecule has 5 heteroatoms. The maximum atomic E-state index is 12.1. The molecule has 1 heterocycles. The molecule has 0 saturated carbocycles. The molecule has 0 saturated heterocycles. The number of anilines is 1. The average Bonchev–Trinajstić information content (AvgIpc) is 2.69. The summed E-state index contributed by atoms with van der Waals surface area (Å²) in [5.74, 6) is 0.158. The zero-order chi connectivity index (χ0) is 18.6. The zero-order valence-electron chi connectivity index (χ0n) is 14.4. The Labute approximate surface area is 155 Å². The molecule has 27 heavy (non-hydrogen) atoms. The van der Waals surface area contributed by atoms with Crippen molar-refractivity contribution in [3.8, 4) is 11.5 Å². The predicted molar refractivity (Wildman–Crippen MR) is 104 cm³/mol. The number of nitrogens with zero attached hydrogens (tertiary/aromatic N) is 1. The molecule has 0 bridgehead atoms. The van der Waals surface area contributed by atoms with E-state index in [1.54, 1.807) is 42.5 Å². The standard InChI is InChI=1S/C22H16N2O3/c25-20(14-15-6-2-1-3-7-15)23-17-12-10-16(11-13-17)21-24-19-9-5-4-8-18(19)22(26)27-21/h1-13H,14H2,(H,23,25). The maximum Gasteiger partial charge on any atom is 0.347 e. The zero-order valence-corrected chi connectivity index (χ0v) is 14.4. The molecule has 0 radical (unpaired) electrons. The molecular weight excluding hydrogens is 340 g/mol. The number of nitrogens with one attached hydrogen (secondary N) is 1. The number of carbonyl (C=O) groups excluding carboxylic acids is 1. The highest BCUT2D eigenvalue weighted by molar-refractivity contribution is 5.92. The van der Waals surface area contributed by atoms with Crippen LogP contribution in [0.15, 0.2) is 88.1 Å². The van der Waals surface area contributed by atoms with Gasteiger partial charge in [0.2, 0.25) is 11.8 Å². The maximum absolute atomic E-state index is 12.1. The summed E-state index contributed by atoms with van der Waals surface area (Å²) in [5.41, 5.74) is 2.45. The van der Waals surface area contributed by atoms with Crippen LogP contribution >= 0.6 is 0 Å². The number of hydrogen-bond acceptors (Lipinski definition) is 4. The molecule has 0 atom stereocenters. The van der Waals surface area contributed by atoms with E-state index in [9.17, 15) is 9.59 Å². The van der Waals surface area contributed by atoms with Crippen LogP contribution in [0.5, 0.6) is 0 Å². The van der Waals surface area contributed by atoms with Crippen LogP contribution in [0.1, 0.15) is 5.56 Å². The van der Waals surface area contributed by atoms with Crippen molar-refractivity contribution in [2.45, 2.75) is 6.42 Å². The Morgan fingerprint density at radius 2 is 1.59 bits per heavy atom. The number of carbonyl (C=O) groups is 1. The molecule has 0 aliphatic rings. The van der Waals surface area contributed by atoms with Gasteiger partial charge >= 0.3 is 5.63 Å².